The Labute approximate surface area is 146 Å². The van der Waals surface area contributed by atoms with Crippen molar-refractivity contribution in [1.82, 2.24) is 14.8 Å². The Kier molecular flexibility index (Phi) is 5.38. The molecule has 0 spiro atoms. The third-order valence-corrected chi connectivity index (χ3v) is 4.33. The van der Waals surface area contributed by atoms with E-state index in [1.807, 2.05) is 18.2 Å². The van der Waals surface area contributed by atoms with Crippen LogP contribution in [0, 0.1) is 5.82 Å². The van der Waals surface area contributed by atoms with Crippen LogP contribution in [0.5, 0.6) is 0 Å². The number of piperazine rings is 1. The fraction of sp³-hybridized carbons (Fsp3) is 0.316. The summed E-state index contributed by atoms with van der Waals surface area (Å²) in [6, 6.07) is 11.2. The third kappa shape index (κ3) is 4.41. The molecule has 1 aliphatic rings. The molecule has 130 valence electrons. The molecule has 25 heavy (non-hydrogen) atoms. The summed E-state index contributed by atoms with van der Waals surface area (Å²) in [4.78, 5) is 32.4. The fourth-order valence-electron chi connectivity index (χ4n) is 2.87. The van der Waals surface area contributed by atoms with Gasteiger partial charge in [0, 0.05) is 50.1 Å². The van der Waals surface area contributed by atoms with Gasteiger partial charge in [-0.2, -0.15) is 0 Å². The van der Waals surface area contributed by atoms with Crippen LogP contribution in [0.2, 0.25) is 0 Å². The van der Waals surface area contributed by atoms with Crippen LogP contribution in [0.3, 0.4) is 0 Å². The number of hydrogen-bond acceptors (Lipinski definition) is 3. The second-order valence-electron chi connectivity index (χ2n) is 6.00. The topological polar surface area (TPSA) is 53.5 Å². The quantitative estimate of drug-likeness (QED) is 0.856. The van der Waals surface area contributed by atoms with Crippen molar-refractivity contribution in [2.24, 2.45) is 0 Å². The van der Waals surface area contributed by atoms with Gasteiger partial charge < -0.3 is 9.80 Å². The maximum atomic E-state index is 13.0. The van der Waals surface area contributed by atoms with Gasteiger partial charge in [-0.05, 0) is 42.8 Å². The minimum atomic E-state index is -0.361. The largest absolute Gasteiger partial charge is 0.339 e. The highest BCUT2D eigenvalue weighted by Crippen LogP contribution is 2.11. The molecule has 0 atom stereocenters. The van der Waals surface area contributed by atoms with Gasteiger partial charge in [-0.25, -0.2) is 4.39 Å². The first-order chi connectivity index (χ1) is 12.1. The van der Waals surface area contributed by atoms with Crippen molar-refractivity contribution in [1.29, 1.82) is 0 Å². The number of rotatable bonds is 4. The molecule has 3 rings (SSSR count). The molecule has 5 nitrogen and oxygen atoms in total. The molecule has 0 saturated carbocycles. The lowest BCUT2D eigenvalue weighted by atomic mass is 10.1. The van der Waals surface area contributed by atoms with E-state index in [0.717, 1.165) is 5.69 Å². The van der Waals surface area contributed by atoms with Crippen LogP contribution in [0.15, 0.2) is 48.7 Å². The molecule has 0 radical (unpaired) electrons. The van der Waals surface area contributed by atoms with Gasteiger partial charge in [0.2, 0.25) is 5.91 Å². The Hall–Kier alpha value is -2.76. The van der Waals surface area contributed by atoms with E-state index in [4.69, 9.17) is 0 Å². The summed E-state index contributed by atoms with van der Waals surface area (Å²) in [5.41, 5.74) is 1.37. The third-order valence-electron chi connectivity index (χ3n) is 4.33. The van der Waals surface area contributed by atoms with E-state index in [1.165, 1.54) is 24.3 Å². The second kappa shape index (κ2) is 7.88. The van der Waals surface area contributed by atoms with Crippen molar-refractivity contribution < 1.29 is 14.0 Å². The molecule has 1 saturated heterocycles. The lowest BCUT2D eigenvalue weighted by Crippen LogP contribution is -2.50. The summed E-state index contributed by atoms with van der Waals surface area (Å²) in [6.45, 7) is 2.03. The minimum Gasteiger partial charge on any atom is -0.339 e. The lowest BCUT2D eigenvalue weighted by molar-refractivity contribution is -0.132. The highest BCUT2D eigenvalue weighted by atomic mass is 19.1. The van der Waals surface area contributed by atoms with Crippen molar-refractivity contribution in [3.8, 4) is 0 Å². The molecule has 6 heteroatoms. The van der Waals surface area contributed by atoms with Crippen molar-refractivity contribution in [2.75, 3.05) is 26.2 Å². The maximum Gasteiger partial charge on any atom is 0.253 e. The average molecular weight is 341 g/mol. The highest BCUT2D eigenvalue weighted by Gasteiger charge is 2.24. The average Bonchev–Trinajstić information content (AvgIpc) is 2.67. The summed E-state index contributed by atoms with van der Waals surface area (Å²) in [5, 5.41) is 0. The smallest absolute Gasteiger partial charge is 0.253 e. The number of nitrogens with zero attached hydrogens (tertiary/aromatic N) is 3. The predicted molar refractivity (Wildman–Crippen MR) is 91.4 cm³/mol. The van der Waals surface area contributed by atoms with Crippen molar-refractivity contribution in [3.63, 3.8) is 0 Å². The molecule has 1 aliphatic heterocycles. The molecule has 1 aromatic heterocycles. The number of aryl methyl sites for hydroxylation is 1. The molecule has 2 aromatic rings. The van der Waals surface area contributed by atoms with Crippen molar-refractivity contribution in [2.45, 2.75) is 12.8 Å². The van der Waals surface area contributed by atoms with Gasteiger partial charge in [0.1, 0.15) is 5.82 Å². The molecule has 2 amide bonds. The Bertz CT molecular complexity index is 726. The van der Waals surface area contributed by atoms with Crippen LogP contribution in [-0.2, 0) is 11.2 Å². The molecule has 0 aliphatic carbocycles. The maximum absolute atomic E-state index is 13.0. The number of halogens is 1. The zero-order valence-electron chi connectivity index (χ0n) is 13.9. The van der Waals surface area contributed by atoms with Gasteiger partial charge in [0.15, 0.2) is 0 Å². The molecular weight excluding hydrogens is 321 g/mol. The number of aromatic nitrogens is 1. The van der Waals surface area contributed by atoms with E-state index in [1.54, 1.807) is 16.0 Å². The second-order valence-corrected chi connectivity index (χ2v) is 6.00. The van der Waals surface area contributed by atoms with Crippen LogP contribution in [0.25, 0.3) is 0 Å². The zero-order chi connectivity index (χ0) is 17.6. The summed E-state index contributed by atoms with van der Waals surface area (Å²) in [5.74, 6) is -0.403. The summed E-state index contributed by atoms with van der Waals surface area (Å²) < 4.78 is 13.0. The Morgan fingerprint density at radius 3 is 2.28 bits per heavy atom. The first-order valence-corrected chi connectivity index (χ1v) is 8.36. The number of hydrogen-bond donors (Lipinski definition) is 0. The van der Waals surface area contributed by atoms with E-state index < -0.39 is 0 Å². The molecule has 1 fully saturated rings. The predicted octanol–water partition coefficient (Wildman–Crippen LogP) is 2.14. The van der Waals surface area contributed by atoms with Crippen molar-refractivity contribution >= 4 is 11.8 Å². The van der Waals surface area contributed by atoms with Gasteiger partial charge in [0.05, 0.1) is 0 Å². The van der Waals surface area contributed by atoms with Gasteiger partial charge in [0.25, 0.3) is 5.91 Å². The number of pyridine rings is 1. The number of amides is 2. The van der Waals surface area contributed by atoms with Gasteiger partial charge in [-0.1, -0.05) is 6.07 Å². The van der Waals surface area contributed by atoms with Crippen molar-refractivity contribution in [3.05, 3.63) is 65.7 Å². The summed E-state index contributed by atoms with van der Waals surface area (Å²) >= 11 is 0. The van der Waals surface area contributed by atoms with E-state index in [0.29, 0.717) is 44.6 Å². The van der Waals surface area contributed by atoms with Crippen LogP contribution in [0.4, 0.5) is 4.39 Å². The molecule has 2 heterocycles. The van der Waals surface area contributed by atoms with Gasteiger partial charge in [-0.15, -0.1) is 0 Å². The fourth-order valence-corrected chi connectivity index (χ4v) is 2.87. The van der Waals surface area contributed by atoms with Crippen LogP contribution >= 0.6 is 0 Å². The Balaban J connectivity index is 1.48. The van der Waals surface area contributed by atoms with Gasteiger partial charge in [-0.3, -0.25) is 14.6 Å². The Morgan fingerprint density at radius 1 is 0.960 bits per heavy atom. The van der Waals surface area contributed by atoms with E-state index >= 15 is 0 Å². The standard InChI is InChI=1S/C19H20FN3O2/c20-16-6-4-15(5-7-16)19(25)23-13-11-22(12-14-23)18(24)9-8-17-3-1-2-10-21-17/h1-7,10H,8-9,11-14H2. The van der Waals surface area contributed by atoms with E-state index in [9.17, 15) is 14.0 Å². The monoisotopic (exact) mass is 341 g/mol. The first-order valence-electron chi connectivity index (χ1n) is 8.36. The number of carbonyl (C=O) groups excluding carboxylic acids is 2. The van der Waals surface area contributed by atoms with Crippen LogP contribution in [-0.4, -0.2) is 52.8 Å². The van der Waals surface area contributed by atoms with Gasteiger partial charge >= 0.3 is 0 Å². The Morgan fingerprint density at radius 2 is 1.64 bits per heavy atom. The highest BCUT2D eigenvalue weighted by molar-refractivity contribution is 5.94. The minimum absolute atomic E-state index is 0.0829. The zero-order valence-corrected chi connectivity index (χ0v) is 13.9. The molecule has 1 aromatic carbocycles. The molecular formula is C19H20FN3O2. The SMILES string of the molecule is O=C(CCc1ccccn1)N1CCN(C(=O)c2ccc(F)cc2)CC1. The molecule has 0 N–H and O–H groups in total. The van der Waals surface area contributed by atoms with Crippen LogP contribution in [0.1, 0.15) is 22.5 Å². The van der Waals surface area contributed by atoms with E-state index in [-0.39, 0.29) is 17.6 Å². The normalized spacial score (nSPS) is 14.4. The molecule has 0 bridgehead atoms. The van der Waals surface area contributed by atoms with E-state index in [2.05, 4.69) is 4.98 Å². The number of carbonyl (C=O) groups is 2. The van der Waals surface area contributed by atoms with Crippen LogP contribution < -0.4 is 0 Å². The lowest BCUT2D eigenvalue weighted by Gasteiger charge is -2.35. The summed E-state index contributed by atoms with van der Waals surface area (Å²) in [6.07, 6.45) is 2.76. The first kappa shape index (κ1) is 17.1. The number of benzene rings is 1. The molecule has 0 unspecified atom stereocenters. The summed E-state index contributed by atoms with van der Waals surface area (Å²) in [7, 11) is 0.